The Hall–Kier alpha value is -1.92. The summed E-state index contributed by atoms with van der Waals surface area (Å²) in [5.41, 5.74) is 6.76. The van der Waals surface area contributed by atoms with E-state index in [4.69, 9.17) is 5.73 Å². The first kappa shape index (κ1) is 13.1. The van der Waals surface area contributed by atoms with E-state index < -0.39 is 6.36 Å². The second kappa shape index (κ2) is 4.57. The van der Waals surface area contributed by atoms with E-state index in [9.17, 15) is 13.2 Å². The van der Waals surface area contributed by atoms with Gasteiger partial charge in [0.25, 0.3) is 0 Å². The molecule has 1 unspecified atom stereocenters. The van der Waals surface area contributed by atoms with Crippen LogP contribution in [0.4, 0.5) is 13.2 Å². The van der Waals surface area contributed by atoms with Crippen molar-refractivity contribution in [1.82, 2.24) is 4.90 Å². The number of ether oxygens (including phenoxy) is 1. The van der Waals surface area contributed by atoms with Gasteiger partial charge in [0.1, 0.15) is 5.75 Å². The first-order valence-electron chi connectivity index (χ1n) is 6.38. The molecule has 0 saturated heterocycles. The van der Waals surface area contributed by atoms with E-state index in [-0.39, 0.29) is 11.8 Å². The number of aliphatic imine (C=N–C) groups is 1. The summed E-state index contributed by atoms with van der Waals surface area (Å²) in [7, 11) is 0. The van der Waals surface area contributed by atoms with Crippen LogP contribution in [0.3, 0.4) is 0 Å². The molecule has 1 saturated carbocycles. The van der Waals surface area contributed by atoms with Crippen LogP contribution in [-0.2, 0) is 0 Å². The molecule has 0 spiro atoms. The summed E-state index contributed by atoms with van der Waals surface area (Å²) >= 11 is 0. The van der Waals surface area contributed by atoms with Gasteiger partial charge in [0.05, 0.1) is 12.6 Å². The molecule has 1 atom stereocenters. The molecule has 0 radical (unpaired) electrons. The minimum atomic E-state index is -4.66. The molecule has 2 N–H and O–H groups in total. The quantitative estimate of drug-likeness (QED) is 0.928. The van der Waals surface area contributed by atoms with Crippen LogP contribution < -0.4 is 10.5 Å². The van der Waals surface area contributed by atoms with Crippen molar-refractivity contribution in [2.45, 2.75) is 31.3 Å². The van der Waals surface area contributed by atoms with E-state index in [0.717, 1.165) is 18.4 Å². The molecule has 1 heterocycles. The highest BCUT2D eigenvalue weighted by molar-refractivity contribution is 5.81. The molecule has 2 aliphatic rings. The lowest BCUT2D eigenvalue weighted by Gasteiger charge is -2.26. The van der Waals surface area contributed by atoms with Crippen LogP contribution in [0.2, 0.25) is 0 Å². The average molecular weight is 285 g/mol. The highest BCUT2D eigenvalue weighted by atomic mass is 19.4. The Morgan fingerprint density at radius 2 is 1.85 bits per heavy atom. The van der Waals surface area contributed by atoms with Gasteiger partial charge < -0.3 is 15.4 Å². The first-order chi connectivity index (χ1) is 9.44. The fourth-order valence-electron chi connectivity index (χ4n) is 2.46. The van der Waals surface area contributed by atoms with E-state index in [2.05, 4.69) is 14.6 Å². The third-order valence-corrected chi connectivity index (χ3v) is 3.47. The van der Waals surface area contributed by atoms with Crippen molar-refractivity contribution in [3.8, 4) is 5.75 Å². The van der Waals surface area contributed by atoms with Crippen molar-refractivity contribution >= 4 is 5.96 Å². The Morgan fingerprint density at radius 3 is 2.40 bits per heavy atom. The lowest BCUT2D eigenvalue weighted by atomic mass is 10.1. The maximum Gasteiger partial charge on any atom is 0.573 e. The molecular formula is C13H14F3N3O. The summed E-state index contributed by atoms with van der Waals surface area (Å²) in [6, 6.07) is 6.34. The van der Waals surface area contributed by atoms with Gasteiger partial charge in [-0.25, -0.2) is 0 Å². The van der Waals surface area contributed by atoms with Gasteiger partial charge in [-0.2, -0.15) is 0 Å². The number of benzene rings is 1. The standard InChI is InChI=1S/C13H14F3N3O/c14-13(15,16)20-10-5-1-8(2-6-10)11-7-18-12(17)19(11)9-3-4-9/h1-2,5-6,9,11H,3-4,7H2,(H2,17,18). The molecule has 1 aromatic carbocycles. The molecular weight excluding hydrogens is 271 g/mol. The predicted molar refractivity (Wildman–Crippen MR) is 67.2 cm³/mol. The van der Waals surface area contributed by atoms with Crippen LogP contribution >= 0.6 is 0 Å². The minimum Gasteiger partial charge on any atom is -0.406 e. The fraction of sp³-hybridized carbons (Fsp3) is 0.462. The van der Waals surface area contributed by atoms with Gasteiger partial charge in [0.2, 0.25) is 0 Å². The van der Waals surface area contributed by atoms with Crippen molar-refractivity contribution < 1.29 is 17.9 Å². The largest absolute Gasteiger partial charge is 0.573 e. The highest BCUT2D eigenvalue weighted by Gasteiger charge is 2.39. The number of alkyl halides is 3. The molecule has 20 heavy (non-hydrogen) atoms. The number of hydrogen-bond donors (Lipinski definition) is 1. The monoisotopic (exact) mass is 285 g/mol. The molecule has 1 aliphatic carbocycles. The zero-order chi connectivity index (χ0) is 14.3. The number of guanidine groups is 1. The minimum absolute atomic E-state index is 0.0161. The van der Waals surface area contributed by atoms with Crippen LogP contribution in [0, 0.1) is 0 Å². The van der Waals surface area contributed by atoms with Crippen molar-refractivity contribution in [2.24, 2.45) is 10.7 Å². The van der Waals surface area contributed by atoms with Gasteiger partial charge in [-0.3, -0.25) is 4.99 Å². The van der Waals surface area contributed by atoms with Crippen molar-refractivity contribution in [2.75, 3.05) is 6.54 Å². The van der Waals surface area contributed by atoms with Crippen LogP contribution in [0.15, 0.2) is 29.3 Å². The number of halogens is 3. The van der Waals surface area contributed by atoms with Crippen molar-refractivity contribution in [1.29, 1.82) is 0 Å². The second-order valence-corrected chi connectivity index (χ2v) is 4.97. The maximum absolute atomic E-state index is 12.1. The molecule has 1 aromatic rings. The van der Waals surface area contributed by atoms with Crippen LogP contribution in [0.1, 0.15) is 24.4 Å². The third kappa shape index (κ3) is 2.66. The van der Waals surface area contributed by atoms with E-state index in [1.54, 1.807) is 12.1 Å². The Labute approximate surface area is 114 Å². The molecule has 1 aliphatic heterocycles. The van der Waals surface area contributed by atoms with Crippen molar-refractivity contribution in [3.05, 3.63) is 29.8 Å². The Kier molecular flexibility index (Phi) is 2.99. The van der Waals surface area contributed by atoms with E-state index in [1.165, 1.54) is 12.1 Å². The summed E-state index contributed by atoms with van der Waals surface area (Å²) in [5, 5.41) is 0. The van der Waals surface area contributed by atoms with Gasteiger partial charge in [-0.05, 0) is 30.5 Å². The smallest absolute Gasteiger partial charge is 0.406 e. The van der Waals surface area contributed by atoms with Crippen molar-refractivity contribution in [3.63, 3.8) is 0 Å². The molecule has 0 aromatic heterocycles. The Morgan fingerprint density at radius 1 is 1.20 bits per heavy atom. The van der Waals surface area contributed by atoms with Crippen LogP contribution in [0.5, 0.6) is 5.75 Å². The normalized spacial score (nSPS) is 22.9. The Balaban J connectivity index is 1.75. The molecule has 7 heteroatoms. The Bertz CT molecular complexity index is 523. The molecule has 1 fully saturated rings. The molecule has 108 valence electrons. The zero-order valence-electron chi connectivity index (χ0n) is 10.6. The number of nitrogens with two attached hydrogens (primary N) is 1. The van der Waals surface area contributed by atoms with Gasteiger partial charge in [-0.15, -0.1) is 13.2 Å². The highest BCUT2D eigenvalue weighted by Crippen LogP contribution is 2.37. The lowest BCUT2D eigenvalue weighted by Crippen LogP contribution is -2.37. The molecule has 0 amide bonds. The maximum atomic E-state index is 12.1. The number of rotatable bonds is 3. The first-order valence-corrected chi connectivity index (χ1v) is 6.38. The van der Waals surface area contributed by atoms with Gasteiger partial charge in [0, 0.05) is 6.04 Å². The molecule has 4 nitrogen and oxygen atoms in total. The van der Waals surface area contributed by atoms with E-state index >= 15 is 0 Å². The topological polar surface area (TPSA) is 50.9 Å². The summed E-state index contributed by atoms with van der Waals surface area (Å²) < 4.78 is 40.2. The molecule has 3 rings (SSSR count). The number of hydrogen-bond acceptors (Lipinski definition) is 4. The molecule has 0 bridgehead atoms. The van der Waals surface area contributed by atoms with E-state index in [1.807, 2.05) is 0 Å². The SMILES string of the molecule is NC1=NCC(c2ccc(OC(F)(F)F)cc2)N1C1CC1. The zero-order valence-corrected chi connectivity index (χ0v) is 10.6. The summed E-state index contributed by atoms with van der Waals surface area (Å²) in [4.78, 5) is 6.28. The summed E-state index contributed by atoms with van der Waals surface area (Å²) in [6.45, 7) is 0.543. The van der Waals surface area contributed by atoms with Gasteiger partial charge in [0.15, 0.2) is 5.96 Å². The lowest BCUT2D eigenvalue weighted by molar-refractivity contribution is -0.274. The predicted octanol–water partition coefficient (Wildman–Crippen LogP) is 2.42. The second-order valence-electron chi connectivity index (χ2n) is 4.97. The number of nitrogens with zero attached hydrogens (tertiary/aromatic N) is 2. The van der Waals surface area contributed by atoms with Crippen LogP contribution in [-0.4, -0.2) is 29.8 Å². The fourth-order valence-corrected chi connectivity index (χ4v) is 2.46. The summed E-state index contributed by atoms with van der Waals surface area (Å²) in [5.74, 6) is 0.305. The van der Waals surface area contributed by atoms with E-state index in [0.29, 0.717) is 18.5 Å². The summed E-state index contributed by atoms with van der Waals surface area (Å²) in [6.07, 6.45) is -2.49. The average Bonchev–Trinajstić information content (AvgIpc) is 3.12. The van der Waals surface area contributed by atoms with Gasteiger partial charge >= 0.3 is 6.36 Å². The van der Waals surface area contributed by atoms with Gasteiger partial charge in [-0.1, -0.05) is 12.1 Å². The van der Waals surface area contributed by atoms with Crippen LogP contribution in [0.25, 0.3) is 0 Å². The third-order valence-electron chi connectivity index (χ3n) is 3.47.